The fourth-order valence-electron chi connectivity index (χ4n) is 4.21. The van der Waals surface area contributed by atoms with Crippen LogP contribution in [0.5, 0.6) is 5.75 Å². The molecule has 0 bridgehead atoms. The van der Waals surface area contributed by atoms with Crippen molar-refractivity contribution in [3.05, 3.63) is 65.5 Å². The van der Waals surface area contributed by atoms with Gasteiger partial charge in [-0.2, -0.15) is 5.10 Å². The summed E-state index contributed by atoms with van der Waals surface area (Å²) in [4.78, 5) is 40.1. The number of fused-ring (bicyclic) bond motifs is 1. The van der Waals surface area contributed by atoms with Crippen molar-refractivity contribution in [1.29, 1.82) is 0 Å². The zero-order valence-corrected chi connectivity index (χ0v) is 21.6. The highest BCUT2D eigenvalue weighted by Crippen LogP contribution is 2.30. The summed E-state index contributed by atoms with van der Waals surface area (Å²) in [6.45, 7) is 2.30. The van der Waals surface area contributed by atoms with Crippen LogP contribution in [0.25, 0.3) is 5.69 Å². The van der Waals surface area contributed by atoms with Gasteiger partial charge in [0.15, 0.2) is 5.69 Å². The molecule has 9 nitrogen and oxygen atoms in total. The third-order valence-corrected chi connectivity index (χ3v) is 6.32. The van der Waals surface area contributed by atoms with Gasteiger partial charge in [0.2, 0.25) is 5.91 Å². The molecule has 0 aliphatic carbocycles. The molecule has 194 valence electrons. The SMILES string of the molecule is CCOC(=O)c1nn(-c2ccc(OC)cc2)c2c1CCN(c1ccc(NC(=O)CCCCCl)cc1)C2=O. The number of anilines is 2. The maximum atomic E-state index is 13.7. The Morgan fingerprint density at radius 1 is 1.05 bits per heavy atom. The van der Waals surface area contributed by atoms with E-state index in [1.54, 1.807) is 67.5 Å². The van der Waals surface area contributed by atoms with Gasteiger partial charge in [0.1, 0.15) is 11.4 Å². The molecule has 2 heterocycles. The predicted octanol–water partition coefficient (Wildman–Crippen LogP) is 4.61. The van der Waals surface area contributed by atoms with Gasteiger partial charge in [-0.05, 0) is 74.7 Å². The molecule has 0 unspecified atom stereocenters. The molecule has 3 aromatic rings. The largest absolute Gasteiger partial charge is 0.497 e. The van der Waals surface area contributed by atoms with E-state index in [9.17, 15) is 14.4 Å². The molecule has 1 aromatic heterocycles. The van der Waals surface area contributed by atoms with Crippen LogP contribution in [0.3, 0.4) is 0 Å². The molecule has 2 aromatic carbocycles. The van der Waals surface area contributed by atoms with Crippen LogP contribution in [0.4, 0.5) is 11.4 Å². The smallest absolute Gasteiger partial charge is 0.359 e. The first kappa shape index (κ1) is 26.2. The molecule has 1 aliphatic heterocycles. The second-order valence-corrected chi connectivity index (χ2v) is 8.83. The Kier molecular flexibility index (Phi) is 8.45. The van der Waals surface area contributed by atoms with Crippen molar-refractivity contribution in [1.82, 2.24) is 9.78 Å². The van der Waals surface area contributed by atoms with E-state index < -0.39 is 5.97 Å². The van der Waals surface area contributed by atoms with Crippen LogP contribution in [0.2, 0.25) is 0 Å². The Morgan fingerprint density at radius 3 is 2.41 bits per heavy atom. The van der Waals surface area contributed by atoms with Gasteiger partial charge in [0, 0.05) is 35.8 Å². The summed E-state index contributed by atoms with van der Waals surface area (Å²) in [5.74, 6) is 0.282. The maximum Gasteiger partial charge on any atom is 0.359 e. The second-order valence-electron chi connectivity index (χ2n) is 8.45. The summed E-state index contributed by atoms with van der Waals surface area (Å²) < 4.78 is 11.9. The maximum absolute atomic E-state index is 13.7. The van der Waals surface area contributed by atoms with Crippen LogP contribution >= 0.6 is 11.6 Å². The molecule has 0 radical (unpaired) electrons. The molecule has 0 spiro atoms. The highest BCUT2D eigenvalue weighted by Gasteiger charge is 2.35. The van der Waals surface area contributed by atoms with Crippen LogP contribution < -0.4 is 15.0 Å². The molecule has 0 atom stereocenters. The number of halogens is 1. The number of benzene rings is 2. The monoisotopic (exact) mass is 524 g/mol. The van der Waals surface area contributed by atoms with Crippen LogP contribution in [0, 0.1) is 0 Å². The molecule has 1 N–H and O–H groups in total. The Balaban J connectivity index is 1.61. The number of unbranched alkanes of at least 4 members (excludes halogenated alkanes) is 1. The molecule has 0 fully saturated rings. The fraction of sp³-hybridized carbons (Fsp3) is 0.333. The molecule has 1 aliphatic rings. The molecular weight excluding hydrogens is 496 g/mol. The van der Waals surface area contributed by atoms with Crippen molar-refractivity contribution in [2.45, 2.75) is 32.6 Å². The van der Waals surface area contributed by atoms with Gasteiger partial charge in [-0.3, -0.25) is 9.59 Å². The van der Waals surface area contributed by atoms with E-state index in [0.29, 0.717) is 59.3 Å². The van der Waals surface area contributed by atoms with Crippen LogP contribution in [0.1, 0.15) is 52.7 Å². The molecule has 4 rings (SSSR count). The lowest BCUT2D eigenvalue weighted by Gasteiger charge is -2.28. The van der Waals surface area contributed by atoms with Gasteiger partial charge < -0.3 is 19.7 Å². The lowest BCUT2D eigenvalue weighted by atomic mass is 10.0. The van der Waals surface area contributed by atoms with Crippen molar-refractivity contribution in [3.8, 4) is 11.4 Å². The van der Waals surface area contributed by atoms with Crippen LogP contribution in [-0.2, 0) is 16.0 Å². The number of nitrogens with one attached hydrogen (secondary N) is 1. The first-order valence-electron chi connectivity index (χ1n) is 12.2. The number of nitrogens with zero attached hydrogens (tertiary/aromatic N) is 3. The third-order valence-electron chi connectivity index (χ3n) is 6.05. The molecular formula is C27H29ClN4O5. The Bertz CT molecular complexity index is 1270. The Hall–Kier alpha value is -3.85. The summed E-state index contributed by atoms with van der Waals surface area (Å²) in [5.41, 5.74) is 2.98. The van der Waals surface area contributed by atoms with E-state index in [4.69, 9.17) is 21.1 Å². The minimum Gasteiger partial charge on any atom is -0.497 e. The van der Waals surface area contributed by atoms with Gasteiger partial charge in [-0.15, -0.1) is 11.6 Å². The standard InChI is InChI=1S/C27H29ClN4O5/c1-3-37-27(35)24-22-15-17-31(19-9-7-18(8-10-19)29-23(33)6-4-5-16-28)26(34)25(22)32(30-24)20-11-13-21(36-2)14-12-20/h7-14H,3-6,15-17H2,1-2H3,(H,29,33). The lowest BCUT2D eigenvalue weighted by molar-refractivity contribution is -0.116. The van der Waals surface area contributed by atoms with E-state index in [0.717, 1.165) is 12.8 Å². The number of alkyl halides is 1. The number of carbonyl (C=O) groups excluding carboxylic acids is 3. The fourth-order valence-corrected chi connectivity index (χ4v) is 4.40. The number of carbonyl (C=O) groups is 3. The van der Waals surface area contributed by atoms with Crippen LogP contribution in [0.15, 0.2) is 48.5 Å². The number of aromatic nitrogens is 2. The Morgan fingerprint density at radius 2 is 1.76 bits per heavy atom. The number of ether oxygens (including phenoxy) is 2. The highest BCUT2D eigenvalue weighted by atomic mass is 35.5. The van der Waals surface area contributed by atoms with Crippen molar-refractivity contribution in [3.63, 3.8) is 0 Å². The van der Waals surface area contributed by atoms with E-state index >= 15 is 0 Å². The van der Waals surface area contributed by atoms with E-state index in [2.05, 4.69) is 10.4 Å². The summed E-state index contributed by atoms with van der Waals surface area (Å²) in [6.07, 6.45) is 2.36. The van der Waals surface area contributed by atoms with Crippen molar-refractivity contribution < 1.29 is 23.9 Å². The number of hydrogen-bond donors (Lipinski definition) is 1. The summed E-state index contributed by atoms with van der Waals surface area (Å²) in [7, 11) is 1.57. The number of rotatable bonds is 10. The molecule has 10 heteroatoms. The second kappa shape index (κ2) is 11.9. The summed E-state index contributed by atoms with van der Waals surface area (Å²) >= 11 is 5.67. The van der Waals surface area contributed by atoms with E-state index in [1.807, 2.05) is 0 Å². The number of amides is 2. The molecule has 2 amide bonds. The quantitative estimate of drug-likeness (QED) is 0.236. The van der Waals surface area contributed by atoms with Crippen molar-refractivity contribution in [2.24, 2.45) is 0 Å². The highest BCUT2D eigenvalue weighted by molar-refractivity contribution is 6.17. The van der Waals surface area contributed by atoms with Gasteiger partial charge >= 0.3 is 5.97 Å². The normalized spacial score (nSPS) is 12.7. The zero-order valence-electron chi connectivity index (χ0n) is 20.8. The first-order chi connectivity index (χ1) is 18.0. The Labute approximate surface area is 220 Å². The predicted molar refractivity (Wildman–Crippen MR) is 141 cm³/mol. The number of esters is 1. The van der Waals surface area contributed by atoms with Gasteiger partial charge in [0.25, 0.3) is 5.91 Å². The van der Waals surface area contributed by atoms with Gasteiger partial charge in [-0.1, -0.05) is 0 Å². The topological polar surface area (TPSA) is 103 Å². The molecule has 37 heavy (non-hydrogen) atoms. The average Bonchev–Trinajstić information content (AvgIpc) is 3.31. The average molecular weight is 525 g/mol. The van der Waals surface area contributed by atoms with Gasteiger partial charge in [0.05, 0.1) is 19.4 Å². The van der Waals surface area contributed by atoms with Gasteiger partial charge in [-0.25, -0.2) is 9.48 Å². The first-order valence-corrected chi connectivity index (χ1v) is 12.7. The van der Waals surface area contributed by atoms with E-state index in [1.165, 1.54) is 4.68 Å². The lowest BCUT2D eigenvalue weighted by Crippen LogP contribution is -2.39. The van der Waals surface area contributed by atoms with Crippen molar-refractivity contribution >= 4 is 40.8 Å². The third kappa shape index (κ3) is 5.77. The minimum atomic E-state index is -0.557. The zero-order chi connectivity index (χ0) is 26.4. The molecule has 0 saturated carbocycles. The summed E-state index contributed by atoms with van der Waals surface area (Å²) in [5, 5.41) is 7.35. The van der Waals surface area contributed by atoms with Crippen LogP contribution in [-0.4, -0.2) is 53.7 Å². The minimum absolute atomic E-state index is 0.0774. The molecule has 0 saturated heterocycles. The summed E-state index contributed by atoms with van der Waals surface area (Å²) in [6, 6.07) is 14.2. The number of methoxy groups -OCH3 is 1. The number of hydrogen-bond acceptors (Lipinski definition) is 6. The van der Waals surface area contributed by atoms with E-state index in [-0.39, 0.29) is 24.1 Å². The van der Waals surface area contributed by atoms with Crippen molar-refractivity contribution in [2.75, 3.05) is 36.4 Å².